The van der Waals surface area contributed by atoms with E-state index in [9.17, 15) is 10.1 Å². The van der Waals surface area contributed by atoms with Gasteiger partial charge >= 0.3 is 0 Å². The Bertz CT molecular complexity index is 626. The quantitative estimate of drug-likeness (QED) is 0.571. The fourth-order valence-electron chi connectivity index (χ4n) is 1.71. The van der Waals surface area contributed by atoms with Crippen LogP contribution in [0.1, 0.15) is 25.1 Å². The molecule has 0 amide bonds. The maximum Gasteiger partial charge on any atom is 0.273 e. The second-order valence-electron chi connectivity index (χ2n) is 4.24. The summed E-state index contributed by atoms with van der Waals surface area (Å²) in [6.07, 6.45) is 1.64. The van der Waals surface area contributed by atoms with Gasteiger partial charge in [-0.25, -0.2) is 0 Å². The molecule has 8 nitrogen and oxygen atoms in total. The fourth-order valence-corrected chi connectivity index (χ4v) is 1.71. The van der Waals surface area contributed by atoms with E-state index in [0.717, 1.165) is 12.8 Å². The van der Waals surface area contributed by atoms with Gasteiger partial charge < -0.3 is 14.0 Å². The zero-order valence-corrected chi connectivity index (χ0v) is 11.7. The molecule has 0 radical (unpaired) electrons. The predicted molar refractivity (Wildman–Crippen MR) is 72.3 cm³/mol. The minimum atomic E-state index is -0.502. The summed E-state index contributed by atoms with van der Waals surface area (Å²) in [6, 6.07) is 4.11. The Kier molecular flexibility index (Phi) is 4.70. The van der Waals surface area contributed by atoms with Crippen molar-refractivity contribution in [3.63, 3.8) is 0 Å². The summed E-state index contributed by atoms with van der Waals surface area (Å²) in [4.78, 5) is 14.4. The number of nitrogens with zero attached hydrogens (tertiary/aromatic N) is 3. The Hall–Kier alpha value is -2.64. The number of rotatable bonds is 7. The molecule has 2 aromatic rings. The van der Waals surface area contributed by atoms with Crippen molar-refractivity contribution in [2.45, 2.75) is 26.4 Å². The average molecular weight is 293 g/mol. The van der Waals surface area contributed by atoms with E-state index in [2.05, 4.69) is 10.1 Å². The molecule has 0 saturated heterocycles. The van der Waals surface area contributed by atoms with Crippen LogP contribution in [0.4, 0.5) is 5.69 Å². The van der Waals surface area contributed by atoms with E-state index in [4.69, 9.17) is 14.0 Å². The highest BCUT2D eigenvalue weighted by molar-refractivity contribution is 5.48. The largest absolute Gasteiger partial charge is 0.493 e. The first-order valence-corrected chi connectivity index (χ1v) is 6.40. The lowest BCUT2D eigenvalue weighted by Crippen LogP contribution is -1.99. The molecule has 0 aliphatic carbocycles. The van der Waals surface area contributed by atoms with Crippen molar-refractivity contribution in [3.05, 3.63) is 40.0 Å². The summed E-state index contributed by atoms with van der Waals surface area (Å²) in [5, 5.41) is 14.6. The van der Waals surface area contributed by atoms with Gasteiger partial charge in [-0.3, -0.25) is 10.1 Å². The van der Waals surface area contributed by atoms with Gasteiger partial charge in [0.2, 0.25) is 0 Å². The predicted octanol–water partition coefficient (Wildman–Crippen LogP) is 2.52. The first-order valence-electron chi connectivity index (χ1n) is 6.40. The van der Waals surface area contributed by atoms with Crippen molar-refractivity contribution >= 4 is 5.69 Å². The van der Waals surface area contributed by atoms with Gasteiger partial charge in [0.05, 0.1) is 18.1 Å². The summed E-state index contributed by atoms with van der Waals surface area (Å²) in [5.41, 5.74) is -0.0806. The number of nitro groups is 1. The van der Waals surface area contributed by atoms with Gasteiger partial charge in [-0.05, 0) is 12.5 Å². The Balaban J connectivity index is 2.10. The van der Waals surface area contributed by atoms with E-state index in [1.165, 1.54) is 25.3 Å². The van der Waals surface area contributed by atoms with Gasteiger partial charge in [-0.15, -0.1) is 0 Å². The van der Waals surface area contributed by atoms with Crippen LogP contribution in [0.3, 0.4) is 0 Å². The highest BCUT2D eigenvalue weighted by Gasteiger charge is 2.14. The van der Waals surface area contributed by atoms with Crippen LogP contribution < -0.4 is 9.47 Å². The molecule has 2 rings (SSSR count). The van der Waals surface area contributed by atoms with Crippen molar-refractivity contribution < 1.29 is 18.9 Å². The second kappa shape index (κ2) is 6.69. The number of benzene rings is 1. The molecule has 0 aliphatic heterocycles. The van der Waals surface area contributed by atoms with Crippen molar-refractivity contribution in [1.82, 2.24) is 10.1 Å². The highest BCUT2D eigenvalue weighted by Crippen LogP contribution is 2.31. The third-order valence-corrected chi connectivity index (χ3v) is 2.69. The Morgan fingerprint density at radius 1 is 1.38 bits per heavy atom. The van der Waals surface area contributed by atoms with E-state index in [0.29, 0.717) is 17.5 Å². The third kappa shape index (κ3) is 3.68. The normalized spacial score (nSPS) is 10.4. The van der Waals surface area contributed by atoms with Crippen LogP contribution in [0.25, 0.3) is 0 Å². The van der Waals surface area contributed by atoms with Crippen LogP contribution >= 0.6 is 0 Å². The molecule has 112 valence electrons. The summed E-state index contributed by atoms with van der Waals surface area (Å²) < 4.78 is 15.6. The van der Waals surface area contributed by atoms with Crippen LogP contribution in [0.2, 0.25) is 0 Å². The molecule has 8 heteroatoms. The maximum absolute atomic E-state index is 10.8. The first kappa shape index (κ1) is 14.8. The summed E-state index contributed by atoms with van der Waals surface area (Å²) in [5.74, 6) is 1.57. The number of methoxy groups -OCH3 is 1. The minimum absolute atomic E-state index is 0.0221. The van der Waals surface area contributed by atoms with Crippen molar-refractivity contribution in [1.29, 1.82) is 0 Å². The lowest BCUT2D eigenvalue weighted by molar-refractivity contribution is -0.385. The SMILES string of the molecule is CCCc1noc(COc2cc([N+](=O)[O-])ccc2OC)n1. The monoisotopic (exact) mass is 293 g/mol. The van der Waals surface area contributed by atoms with E-state index in [-0.39, 0.29) is 18.0 Å². The summed E-state index contributed by atoms with van der Waals surface area (Å²) in [7, 11) is 1.46. The molecule has 1 heterocycles. The standard InChI is InChI=1S/C13H15N3O5/c1-3-4-12-14-13(21-15-12)8-20-11-7-9(16(17)18)5-6-10(11)19-2/h5-7H,3-4,8H2,1-2H3. The first-order chi connectivity index (χ1) is 10.1. The molecule has 0 aliphatic rings. The molecular formula is C13H15N3O5. The number of aryl methyl sites for hydroxylation is 1. The Morgan fingerprint density at radius 2 is 2.19 bits per heavy atom. The Labute approximate surface area is 120 Å². The molecule has 21 heavy (non-hydrogen) atoms. The van der Waals surface area contributed by atoms with E-state index < -0.39 is 4.92 Å². The highest BCUT2D eigenvalue weighted by atomic mass is 16.6. The molecule has 0 spiro atoms. The van der Waals surface area contributed by atoms with Crippen LogP contribution in [0.5, 0.6) is 11.5 Å². The van der Waals surface area contributed by atoms with Gasteiger partial charge in [-0.1, -0.05) is 12.1 Å². The smallest absolute Gasteiger partial charge is 0.273 e. The molecular weight excluding hydrogens is 278 g/mol. The molecule has 0 saturated carbocycles. The number of ether oxygens (including phenoxy) is 2. The lowest BCUT2D eigenvalue weighted by Gasteiger charge is -2.08. The zero-order valence-electron chi connectivity index (χ0n) is 11.7. The number of non-ortho nitro benzene ring substituents is 1. The minimum Gasteiger partial charge on any atom is -0.493 e. The van der Waals surface area contributed by atoms with Crippen molar-refractivity contribution in [3.8, 4) is 11.5 Å². The average Bonchev–Trinajstić information content (AvgIpc) is 2.92. The molecule has 1 aromatic carbocycles. The topological polar surface area (TPSA) is 101 Å². The van der Waals surface area contributed by atoms with Gasteiger partial charge in [0.1, 0.15) is 0 Å². The van der Waals surface area contributed by atoms with E-state index in [1.807, 2.05) is 6.92 Å². The van der Waals surface area contributed by atoms with Crippen LogP contribution in [0.15, 0.2) is 22.7 Å². The van der Waals surface area contributed by atoms with Crippen molar-refractivity contribution in [2.75, 3.05) is 7.11 Å². The van der Waals surface area contributed by atoms with Crippen LogP contribution in [-0.4, -0.2) is 22.2 Å². The molecule has 0 bridgehead atoms. The number of nitro benzene ring substituents is 1. The fraction of sp³-hybridized carbons (Fsp3) is 0.385. The van der Waals surface area contributed by atoms with Crippen LogP contribution in [0, 0.1) is 10.1 Å². The third-order valence-electron chi connectivity index (χ3n) is 2.69. The zero-order chi connectivity index (χ0) is 15.2. The number of hydrogen-bond donors (Lipinski definition) is 0. The van der Waals surface area contributed by atoms with Crippen LogP contribution in [-0.2, 0) is 13.0 Å². The summed E-state index contributed by atoms with van der Waals surface area (Å²) >= 11 is 0. The Morgan fingerprint density at radius 3 is 2.86 bits per heavy atom. The molecule has 1 aromatic heterocycles. The molecule has 0 fully saturated rings. The van der Waals surface area contributed by atoms with Gasteiger partial charge in [0.25, 0.3) is 11.6 Å². The van der Waals surface area contributed by atoms with E-state index in [1.54, 1.807) is 0 Å². The molecule has 0 atom stereocenters. The molecule has 0 N–H and O–H groups in total. The number of hydrogen-bond acceptors (Lipinski definition) is 7. The summed E-state index contributed by atoms with van der Waals surface area (Å²) in [6.45, 7) is 2.04. The lowest BCUT2D eigenvalue weighted by atomic mass is 10.3. The number of aromatic nitrogens is 2. The van der Waals surface area contributed by atoms with Gasteiger partial charge in [0, 0.05) is 12.5 Å². The maximum atomic E-state index is 10.8. The van der Waals surface area contributed by atoms with Crippen molar-refractivity contribution in [2.24, 2.45) is 0 Å². The van der Waals surface area contributed by atoms with E-state index >= 15 is 0 Å². The van der Waals surface area contributed by atoms with Gasteiger partial charge in [-0.2, -0.15) is 4.98 Å². The second-order valence-corrected chi connectivity index (χ2v) is 4.24. The van der Waals surface area contributed by atoms with Gasteiger partial charge in [0.15, 0.2) is 23.9 Å². The molecule has 0 unspecified atom stereocenters.